The molecule has 2 aliphatic rings. The van der Waals surface area contributed by atoms with E-state index in [9.17, 15) is 27.9 Å². The van der Waals surface area contributed by atoms with Gasteiger partial charge in [0.05, 0.1) is 11.6 Å². The maximum absolute atomic E-state index is 13.9. The van der Waals surface area contributed by atoms with Gasteiger partial charge < -0.3 is 19.6 Å². The van der Waals surface area contributed by atoms with Crippen LogP contribution in [0, 0.1) is 19.8 Å². The minimum Gasteiger partial charge on any atom is -0.488 e. The summed E-state index contributed by atoms with van der Waals surface area (Å²) in [5.74, 6) is -1.65. The number of nitrogens with zero attached hydrogens (tertiary/aromatic N) is 3. The van der Waals surface area contributed by atoms with Crippen molar-refractivity contribution < 1.29 is 32.6 Å². The van der Waals surface area contributed by atoms with Crippen LogP contribution in [-0.2, 0) is 11.4 Å². The molecule has 1 aromatic heterocycles. The molecule has 2 aromatic carbocycles. The van der Waals surface area contributed by atoms with Crippen LogP contribution in [-0.4, -0.2) is 58.7 Å². The van der Waals surface area contributed by atoms with E-state index in [1.807, 2.05) is 55.1 Å². The van der Waals surface area contributed by atoms with E-state index in [-0.39, 0.29) is 30.6 Å². The summed E-state index contributed by atoms with van der Waals surface area (Å²) < 4.78 is 48.0. The Labute approximate surface area is 246 Å². The van der Waals surface area contributed by atoms with Crippen molar-refractivity contribution in [2.24, 2.45) is 5.92 Å². The summed E-state index contributed by atoms with van der Waals surface area (Å²) in [4.78, 5) is 32.0. The van der Waals surface area contributed by atoms with Gasteiger partial charge in [0.15, 0.2) is 5.13 Å². The Kier molecular flexibility index (Phi) is 8.77. The van der Waals surface area contributed by atoms with Gasteiger partial charge in [0.2, 0.25) is 0 Å². The first-order chi connectivity index (χ1) is 20.0. The Morgan fingerprint density at radius 2 is 1.83 bits per heavy atom. The number of carboxylic acids is 1. The fourth-order valence-corrected chi connectivity index (χ4v) is 6.55. The largest absolute Gasteiger partial charge is 0.488 e. The topological polar surface area (TPSA) is 83.0 Å². The zero-order valence-electron chi connectivity index (χ0n) is 23.6. The second-order valence-electron chi connectivity index (χ2n) is 11.1. The number of carboxylic acid groups (broad SMARTS) is 1. The summed E-state index contributed by atoms with van der Waals surface area (Å²) in [5, 5.41) is 11.2. The lowest BCUT2D eigenvalue weighted by atomic mass is 9.91. The number of carbonyl (C=O) groups is 2. The number of aryl methyl sites for hydroxylation is 2. The van der Waals surface area contributed by atoms with Crippen LogP contribution in [0.2, 0.25) is 0 Å². The Bertz CT molecular complexity index is 1450. The fraction of sp³-hybridized carbons (Fsp3) is 0.452. The van der Waals surface area contributed by atoms with Crippen LogP contribution in [0.5, 0.6) is 5.75 Å². The van der Waals surface area contributed by atoms with Crippen molar-refractivity contribution in [3.05, 3.63) is 64.0 Å². The summed E-state index contributed by atoms with van der Waals surface area (Å²) in [5.41, 5.74) is 4.62. The van der Waals surface area contributed by atoms with Crippen molar-refractivity contribution in [1.82, 2.24) is 9.88 Å². The zero-order valence-corrected chi connectivity index (χ0v) is 24.4. The number of halogens is 3. The molecule has 1 amide bonds. The highest BCUT2D eigenvalue weighted by molar-refractivity contribution is 7.14. The maximum Gasteiger partial charge on any atom is 0.408 e. The first-order valence-corrected chi connectivity index (χ1v) is 15.0. The number of anilines is 1. The fourth-order valence-electron chi connectivity index (χ4n) is 5.64. The van der Waals surface area contributed by atoms with Gasteiger partial charge in [0.25, 0.3) is 5.91 Å². The first kappa shape index (κ1) is 29.9. The monoisotopic (exact) mass is 601 g/mol. The van der Waals surface area contributed by atoms with Crippen LogP contribution >= 0.6 is 11.3 Å². The maximum atomic E-state index is 13.9. The normalized spacial score (nSPS) is 19.5. The van der Waals surface area contributed by atoms with E-state index in [0.29, 0.717) is 22.6 Å². The van der Waals surface area contributed by atoms with Gasteiger partial charge >= 0.3 is 12.1 Å². The second-order valence-corrected chi connectivity index (χ2v) is 11.9. The van der Waals surface area contributed by atoms with E-state index in [0.717, 1.165) is 60.4 Å². The third-order valence-corrected chi connectivity index (χ3v) is 8.97. The molecule has 224 valence electrons. The summed E-state index contributed by atoms with van der Waals surface area (Å²) in [6.07, 6.45) is -1.75. The minimum absolute atomic E-state index is 0.0409. The molecule has 42 heavy (non-hydrogen) atoms. The number of alkyl halides is 3. The van der Waals surface area contributed by atoms with Crippen molar-refractivity contribution >= 4 is 28.3 Å². The highest BCUT2D eigenvalue weighted by atomic mass is 32.1. The van der Waals surface area contributed by atoms with Gasteiger partial charge in [-0.3, -0.25) is 9.59 Å². The summed E-state index contributed by atoms with van der Waals surface area (Å²) >= 11 is 1.10. The number of likely N-dealkylation sites (tertiary alicyclic amines) is 1. The molecule has 3 heterocycles. The van der Waals surface area contributed by atoms with Gasteiger partial charge in [-0.1, -0.05) is 17.7 Å². The SMILES string of the molecule is Cc1ccc(OCc2ccc(C(=O)N3CCCCC3)cc2C)c(-c2csc(N3CCC(C(=O)O)CC3C(F)(F)F)n2)c1. The highest BCUT2D eigenvalue weighted by Gasteiger charge is 2.49. The molecule has 0 spiro atoms. The number of aliphatic carboxylic acids is 1. The summed E-state index contributed by atoms with van der Waals surface area (Å²) in [6.45, 7) is 5.64. The van der Waals surface area contributed by atoms with Crippen molar-refractivity contribution in [3.63, 3.8) is 0 Å². The molecule has 2 atom stereocenters. The first-order valence-electron chi connectivity index (χ1n) is 14.2. The van der Waals surface area contributed by atoms with Crippen LogP contribution < -0.4 is 9.64 Å². The quantitative estimate of drug-likeness (QED) is 0.319. The van der Waals surface area contributed by atoms with Crippen molar-refractivity contribution in [1.29, 1.82) is 0 Å². The third-order valence-electron chi connectivity index (χ3n) is 8.09. The molecule has 0 bridgehead atoms. The number of benzene rings is 2. The van der Waals surface area contributed by atoms with Gasteiger partial charge in [-0.25, -0.2) is 4.98 Å². The molecule has 2 aliphatic heterocycles. The average Bonchev–Trinajstić information content (AvgIpc) is 3.46. The predicted molar refractivity (Wildman–Crippen MR) is 155 cm³/mol. The molecular formula is C31H34F3N3O4S. The van der Waals surface area contributed by atoms with Crippen LogP contribution in [0.15, 0.2) is 41.8 Å². The molecule has 3 aromatic rings. The number of rotatable bonds is 7. The molecule has 0 aliphatic carbocycles. The van der Waals surface area contributed by atoms with Gasteiger partial charge in [-0.05, 0) is 81.3 Å². The average molecular weight is 602 g/mol. The van der Waals surface area contributed by atoms with E-state index in [2.05, 4.69) is 4.98 Å². The number of aromatic nitrogens is 1. The third kappa shape index (κ3) is 6.56. The van der Waals surface area contributed by atoms with E-state index in [1.165, 1.54) is 4.90 Å². The lowest BCUT2D eigenvalue weighted by Gasteiger charge is -2.38. The zero-order chi connectivity index (χ0) is 30.0. The van der Waals surface area contributed by atoms with Crippen LogP contribution in [0.25, 0.3) is 11.3 Å². The van der Waals surface area contributed by atoms with Gasteiger partial charge in [0, 0.05) is 36.1 Å². The predicted octanol–water partition coefficient (Wildman–Crippen LogP) is 6.86. The summed E-state index contributed by atoms with van der Waals surface area (Å²) in [6, 6.07) is 9.32. The number of thiazole rings is 1. The summed E-state index contributed by atoms with van der Waals surface area (Å²) in [7, 11) is 0. The van der Waals surface area contributed by atoms with Crippen LogP contribution in [0.3, 0.4) is 0 Å². The molecule has 7 nitrogen and oxygen atoms in total. The standard InChI is InChI=1S/C31H34F3N3O4S/c1-19-6-9-26(41-17-23-8-7-21(15-20(23)2)28(38)36-11-4-3-5-12-36)24(14-19)25-18-42-30(35-25)37-13-10-22(29(39)40)16-27(37)31(32,33)34/h6-9,14-15,18,22,27H,3-5,10-13,16-17H2,1-2H3,(H,39,40). The number of hydrogen-bond acceptors (Lipinski definition) is 6. The number of piperidine rings is 2. The van der Waals surface area contributed by atoms with E-state index < -0.39 is 30.5 Å². The molecule has 11 heteroatoms. The molecular weight excluding hydrogens is 567 g/mol. The van der Waals surface area contributed by atoms with E-state index in [4.69, 9.17) is 4.74 Å². The van der Waals surface area contributed by atoms with E-state index >= 15 is 0 Å². The smallest absolute Gasteiger partial charge is 0.408 e. The van der Waals surface area contributed by atoms with Gasteiger partial charge in [0.1, 0.15) is 18.4 Å². The number of amides is 1. The van der Waals surface area contributed by atoms with Crippen LogP contribution in [0.1, 0.15) is 59.2 Å². The number of ether oxygens (including phenoxy) is 1. The Balaban J connectivity index is 1.33. The van der Waals surface area contributed by atoms with Gasteiger partial charge in [-0.2, -0.15) is 13.2 Å². The van der Waals surface area contributed by atoms with Crippen LogP contribution in [0.4, 0.5) is 18.3 Å². The second kappa shape index (κ2) is 12.3. The molecule has 2 unspecified atom stereocenters. The highest BCUT2D eigenvalue weighted by Crippen LogP contribution is 2.41. The molecule has 1 N–H and O–H groups in total. The minimum atomic E-state index is -4.58. The Morgan fingerprint density at radius 1 is 1.07 bits per heavy atom. The molecule has 5 rings (SSSR count). The molecule has 2 saturated heterocycles. The van der Waals surface area contributed by atoms with E-state index in [1.54, 1.807) is 5.38 Å². The lowest BCUT2D eigenvalue weighted by Crippen LogP contribution is -2.52. The number of hydrogen-bond donors (Lipinski definition) is 1. The van der Waals surface area contributed by atoms with Gasteiger partial charge in [-0.15, -0.1) is 11.3 Å². The Morgan fingerprint density at radius 3 is 2.52 bits per heavy atom. The van der Waals surface area contributed by atoms with Crippen molar-refractivity contribution in [3.8, 4) is 17.0 Å². The molecule has 0 saturated carbocycles. The van der Waals surface area contributed by atoms with Crippen molar-refractivity contribution in [2.75, 3.05) is 24.5 Å². The van der Waals surface area contributed by atoms with Crippen molar-refractivity contribution in [2.45, 2.75) is 64.8 Å². The molecule has 0 radical (unpaired) electrons. The Hall–Kier alpha value is -3.60. The lowest BCUT2D eigenvalue weighted by molar-refractivity contribution is -0.161. The molecule has 2 fully saturated rings. The number of carbonyl (C=O) groups excluding carboxylic acids is 1.